The highest BCUT2D eigenvalue weighted by atomic mass is 79.9. The molecule has 152 valence electrons. The summed E-state index contributed by atoms with van der Waals surface area (Å²) in [5.41, 5.74) is 2.24. The molecule has 1 saturated heterocycles. The van der Waals surface area contributed by atoms with Gasteiger partial charge in [-0.25, -0.2) is 9.78 Å². The van der Waals surface area contributed by atoms with Crippen LogP contribution < -0.4 is 4.90 Å². The number of halogens is 1. The van der Waals surface area contributed by atoms with E-state index in [4.69, 9.17) is 9.72 Å². The van der Waals surface area contributed by atoms with Crippen molar-refractivity contribution in [3.63, 3.8) is 0 Å². The van der Waals surface area contributed by atoms with Gasteiger partial charge in [-0.1, -0.05) is 28.1 Å². The molecule has 2 aromatic heterocycles. The summed E-state index contributed by atoms with van der Waals surface area (Å²) in [5.74, 6) is 0.871. The highest BCUT2D eigenvalue weighted by molar-refractivity contribution is 9.10. The molecule has 0 aliphatic carbocycles. The maximum atomic E-state index is 12.2. The number of fused-ring (bicyclic) bond motifs is 1. The van der Waals surface area contributed by atoms with Crippen LogP contribution in [0.25, 0.3) is 22.3 Å². The predicted molar refractivity (Wildman–Crippen MR) is 117 cm³/mol. The fraction of sp³-hybridized carbons (Fsp3) is 0.381. The molecule has 0 unspecified atom stereocenters. The molecule has 0 bridgehead atoms. The van der Waals surface area contributed by atoms with Crippen molar-refractivity contribution >= 4 is 38.9 Å². The maximum Gasteiger partial charge on any atom is 0.410 e. The molecule has 1 aliphatic heterocycles. The van der Waals surface area contributed by atoms with E-state index in [1.54, 1.807) is 4.90 Å². The van der Waals surface area contributed by atoms with Crippen LogP contribution >= 0.6 is 15.9 Å². The Bertz CT molecular complexity index is 1020. The molecular formula is C21H24BrN5O2. The second-order valence-corrected chi connectivity index (χ2v) is 9.02. The van der Waals surface area contributed by atoms with Gasteiger partial charge >= 0.3 is 6.09 Å². The topological polar surface area (TPSA) is 74.3 Å². The van der Waals surface area contributed by atoms with Gasteiger partial charge in [0.25, 0.3) is 0 Å². The largest absolute Gasteiger partial charge is 0.444 e. The smallest absolute Gasteiger partial charge is 0.410 e. The Labute approximate surface area is 178 Å². The zero-order chi connectivity index (χ0) is 20.6. The molecule has 0 atom stereocenters. The summed E-state index contributed by atoms with van der Waals surface area (Å²) in [5, 5.41) is 8.49. The average molecular weight is 458 g/mol. The lowest BCUT2D eigenvalue weighted by atomic mass is 10.1. The molecule has 29 heavy (non-hydrogen) atoms. The number of nitrogens with zero attached hydrogens (tertiary/aromatic N) is 4. The first-order valence-electron chi connectivity index (χ1n) is 9.64. The first-order chi connectivity index (χ1) is 13.8. The number of aromatic amines is 1. The molecule has 1 N–H and O–H groups in total. The van der Waals surface area contributed by atoms with E-state index in [9.17, 15) is 4.79 Å². The quantitative estimate of drug-likeness (QED) is 0.615. The molecule has 3 heterocycles. The first kappa shape index (κ1) is 19.7. The summed E-state index contributed by atoms with van der Waals surface area (Å²) in [4.78, 5) is 20.9. The molecule has 4 rings (SSSR count). The van der Waals surface area contributed by atoms with Crippen molar-refractivity contribution in [1.82, 2.24) is 20.1 Å². The Hall–Kier alpha value is -2.61. The van der Waals surface area contributed by atoms with Crippen molar-refractivity contribution in [1.29, 1.82) is 0 Å². The number of nitrogens with one attached hydrogen (secondary N) is 1. The van der Waals surface area contributed by atoms with Gasteiger partial charge in [-0.15, -0.1) is 0 Å². The van der Waals surface area contributed by atoms with Crippen LogP contribution in [0.3, 0.4) is 0 Å². The highest BCUT2D eigenvalue weighted by Gasteiger charge is 2.26. The predicted octanol–water partition coefficient (Wildman–Crippen LogP) is 4.44. The summed E-state index contributed by atoms with van der Waals surface area (Å²) < 4.78 is 6.50. The van der Waals surface area contributed by atoms with Crippen LogP contribution in [-0.2, 0) is 4.74 Å². The van der Waals surface area contributed by atoms with Gasteiger partial charge in [0.2, 0.25) is 0 Å². The zero-order valence-electron chi connectivity index (χ0n) is 16.8. The molecule has 7 nitrogen and oxygen atoms in total. The molecule has 1 aliphatic rings. The zero-order valence-corrected chi connectivity index (χ0v) is 18.4. The minimum Gasteiger partial charge on any atom is -0.444 e. The molecule has 1 amide bonds. The van der Waals surface area contributed by atoms with Crippen LogP contribution in [0.1, 0.15) is 20.8 Å². The number of H-pyrrole nitrogens is 1. The Balaban J connectivity index is 1.47. The second kappa shape index (κ2) is 7.67. The highest BCUT2D eigenvalue weighted by Crippen LogP contribution is 2.28. The minimum atomic E-state index is -0.479. The Morgan fingerprint density at radius 2 is 1.76 bits per heavy atom. The number of hydrogen-bond acceptors (Lipinski definition) is 5. The van der Waals surface area contributed by atoms with E-state index in [2.05, 4.69) is 37.1 Å². The Morgan fingerprint density at radius 1 is 1.07 bits per heavy atom. The number of rotatable bonds is 2. The van der Waals surface area contributed by atoms with Crippen LogP contribution in [0.4, 0.5) is 10.6 Å². The van der Waals surface area contributed by atoms with E-state index in [-0.39, 0.29) is 6.09 Å². The van der Waals surface area contributed by atoms with E-state index in [1.165, 1.54) is 0 Å². The second-order valence-electron chi connectivity index (χ2n) is 8.10. The van der Waals surface area contributed by atoms with Crippen LogP contribution in [-0.4, -0.2) is 58.0 Å². The lowest BCUT2D eigenvalue weighted by Crippen LogP contribution is -2.50. The standard InChI is InChI=1S/C21H24BrN5O2/c1-21(2,3)29-20(28)27-12-10-26(11-13-27)17-9-8-16-18(24-25-19(16)23-17)14-4-6-15(22)7-5-14/h4-9H,10-13H2,1-3H3,(H,23,24,25). The van der Waals surface area contributed by atoms with Crippen molar-refractivity contribution < 1.29 is 9.53 Å². The fourth-order valence-electron chi connectivity index (χ4n) is 3.35. The summed E-state index contributed by atoms with van der Waals surface area (Å²) in [6.45, 7) is 8.29. The number of pyridine rings is 1. The molecule has 1 aromatic carbocycles. The third kappa shape index (κ3) is 4.37. The van der Waals surface area contributed by atoms with E-state index in [0.717, 1.165) is 26.9 Å². The maximum absolute atomic E-state index is 12.2. The molecule has 1 fully saturated rings. The van der Waals surface area contributed by atoms with Crippen molar-refractivity contribution in [2.45, 2.75) is 26.4 Å². The van der Waals surface area contributed by atoms with Gasteiger partial charge in [0.1, 0.15) is 11.4 Å². The van der Waals surface area contributed by atoms with E-state index in [0.29, 0.717) is 31.8 Å². The number of benzene rings is 1. The summed E-state index contributed by atoms with van der Waals surface area (Å²) in [6.07, 6.45) is -0.257. The van der Waals surface area contributed by atoms with E-state index < -0.39 is 5.60 Å². The normalized spacial score (nSPS) is 15.0. The number of ether oxygens (including phenoxy) is 1. The van der Waals surface area contributed by atoms with Crippen molar-refractivity contribution in [3.05, 3.63) is 40.9 Å². The van der Waals surface area contributed by atoms with Gasteiger partial charge < -0.3 is 14.5 Å². The third-order valence-electron chi connectivity index (χ3n) is 4.79. The van der Waals surface area contributed by atoms with Crippen molar-refractivity contribution in [2.75, 3.05) is 31.1 Å². The first-order valence-corrected chi connectivity index (χ1v) is 10.4. The van der Waals surface area contributed by atoms with Gasteiger partial charge in [-0.2, -0.15) is 5.10 Å². The SMILES string of the molecule is CC(C)(C)OC(=O)N1CCN(c2ccc3c(-c4ccc(Br)cc4)[nH]nc3n2)CC1. The molecule has 0 radical (unpaired) electrons. The van der Waals surface area contributed by atoms with Crippen LogP contribution in [0.15, 0.2) is 40.9 Å². The van der Waals surface area contributed by atoms with Gasteiger partial charge in [0, 0.05) is 41.6 Å². The van der Waals surface area contributed by atoms with E-state index in [1.807, 2.05) is 51.1 Å². The fourth-order valence-corrected chi connectivity index (χ4v) is 3.61. The number of carbonyl (C=O) groups is 1. The van der Waals surface area contributed by atoms with Gasteiger partial charge in [-0.3, -0.25) is 5.10 Å². The number of aromatic nitrogens is 3. The molecular weight excluding hydrogens is 434 g/mol. The Kier molecular flexibility index (Phi) is 5.21. The number of amides is 1. The number of piperazine rings is 1. The van der Waals surface area contributed by atoms with Gasteiger partial charge in [-0.05, 0) is 45.0 Å². The van der Waals surface area contributed by atoms with E-state index >= 15 is 0 Å². The van der Waals surface area contributed by atoms with Crippen molar-refractivity contribution in [3.8, 4) is 11.3 Å². The summed E-state index contributed by atoms with van der Waals surface area (Å²) >= 11 is 3.46. The number of anilines is 1. The average Bonchev–Trinajstić information content (AvgIpc) is 3.10. The van der Waals surface area contributed by atoms with Gasteiger partial charge in [0.05, 0.1) is 5.69 Å². The monoisotopic (exact) mass is 457 g/mol. The van der Waals surface area contributed by atoms with Gasteiger partial charge in [0.15, 0.2) is 5.65 Å². The molecule has 3 aromatic rings. The minimum absolute atomic E-state index is 0.257. The third-order valence-corrected chi connectivity index (χ3v) is 5.32. The van der Waals surface area contributed by atoms with Crippen LogP contribution in [0.5, 0.6) is 0 Å². The van der Waals surface area contributed by atoms with Crippen LogP contribution in [0.2, 0.25) is 0 Å². The summed E-state index contributed by atoms with van der Waals surface area (Å²) in [6, 6.07) is 12.2. The molecule has 8 heteroatoms. The molecule has 0 saturated carbocycles. The molecule has 0 spiro atoms. The van der Waals surface area contributed by atoms with Crippen LogP contribution in [0, 0.1) is 0 Å². The summed E-state index contributed by atoms with van der Waals surface area (Å²) in [7, 11) is 0. The van der Waals surface area contributed by atoms with Crippen molar-refractivity contribution in [2.24, 2.45) is 0 Å². The number of carbonyl (C=O) groups excluding carboxylic acids is 1. The number of hydrogen-bond donors (Lipinski definition) is 1. The Morgan fingerprint density at radius 3 is 2.41 bits per heavy atom. The lowest BCUT2D eigenvalue weighted by Gasteiger charge is -2.36. The lowest BCUT2D eigenvalue weighted by molar-refractivity contribution is 0.0240.